The number of halogens is 2. The standard InChI is InChI=1S/C14H19Cl2N3O/c1-2-11(18-9-5-3-4-6-9)14(20)19-12-8-17-13(16)7-10(12)15/h7-9,11,18H,2-6H2,1H3,(H,19,20). The van der Waals surface area contributed by atoms with Gasteiger partial charge < -0.3 is 10.6 Å². The van der Waals surface area contributed by atoms with Crippen molar-refractivity contribution in [2.24, 2.45) is 0 Å². The van der Waals surface area contributed by atoms with Gasteiger partial charge in [0, 0.05) is 6.04 Å². The molecular weight excluding hydrogens is 297 g/mol. The summed E-state index contributed by atoms with van der Waals surface area (Å²) in [4.78, 5) is 16.2. The molecular formula is C14H19Cl2N3O. The number of nitrogens with one attached hydrogen (secondary N) is 2. The Labute approximate surface area is 129 Å². The van der Waals surface area contributed by atoms with Gasteiger partial charge in [-0.2, -0.15) is 0 Å². The fourth-order valence-corrected chi connectivity index (χ4v) is 2.89. The Hall–Kier alpha value is -0.840. The van der Waals surface area contributed by atoms with Crippen molar-refractivity contribution in [1.29, 1.82) is 0 Å². The van der Waals surface area contributed by atoms with Gasteiger partial charge in [-0.3, -0.25) is 4.79 Å². The maximum Gasteiger partial charge on any atom is 0.241 e. The van der Waals surface area contributed by atoms with Gasteiger partial charge >= 0.3 is 0 Å². The van der Waals surface area contributed by atoms with E-state index in [1.165, 1.54) is 25.1 Å². The van der Waals surface area contributed by atoms with E-state index in [4.69, 9.17) is 23.2 Å². The molecule has 1 heterocycles. The number of pyridine rings is 1. The molecule has 1 amide bonds. The number of amides is 1. The summed E-state index contributed by atoms with van der Waals surface area (Å²) < 4.78 is 0. The summed E-state index contributed by atoms with van der Waals surface area (Å²) in [6.45, 7) is 1.99. The fraction of sp³-hybridized carbons (Fsp3) is 0.571. The van der Waals surface area contributed by atoms with Crippen LogP contribution in [0.4, 0.5) is 5.69 Å². The van der Waals surface area contributed by atoms with Gasteiger partial charge in [-0.25, -0.2) is 4.98 Å². The second kappa shape index (κ2) is 7.25. The van der Waals surface area contributed by atoms with Crippen LogP contribution in [0.1, 0.15) is 39.0 Å². The van der Waals surface area contributed by atoms with E-state index in [1.54, 1.807) is 0 Å². The van der Waals surface area contributed by atoms with Crippen LogP contribution in [0.15, 0.2) is 12.3 Å². The van der Waals surface area contributed by atoms with Crippen molar-refractivity contribution in [3.8, 4) is 0 Å². The van der Waals surface area contributed by atoms with E-state index in [0.717, 1.165) is 19.3 Å². The van der Waals surface area contributed by atoms with Crippen LogP contribution in [0.25, 0.3) is 0 Å². The van der Waals surface area contributed by atoms with Crippen LogP contribution in [-0.2, 0) is 4.79 Å². The van der Waals surface area contributed by atoms with Crippen LogP contribution in [0.3, 0.4) is 0 Å². The predicted octanol–water partition coefficient (Wildman–Crippen LogP) is 3.64. The molecule has 0 spiro atoms. The van der Waals surface area contributed by atoms with Crippen molar-refractivity contribution in [3.05, 3.63) is 22.4 Å². The second-order valence-corrected chi connectivity index (χ2v) is 5.88. The summed E-state index contributed by atoms with van der Waals surface area (Å²) in [6.07, 6.45) is 6.98. The Morgan fingerprint density at radius 2 is 2.15 bits per heavy atom. The van der Waals surface area contributed by atoms with Crippen molar-refractivity contribution in [1.82, 2.24) is 10.3 Å². The third-order valence-electron chi connectivity index (χ3n) is 3.59. The smallest absolute Gasteiger partial charge is 0.241 e. The molecule has 1 atom stereocenters. The van der Waals surface area contributed by atoms with E-state index in [1.807, 2.05) is 6.92 Å². The van der Waals surface area contributed by atoms with Gasteiger partial charge in [0.05, 0.1) is 22.9 Å². The Balaban J connectivity index is 1.97. The maximum atomic E-state index is 12.3. The van der Waals surface area contributed by atoms with Crippen LogP contribution in [0.2, 0.25) is 10.2 Å². The van der Waals surface area contributed by atoms with Crippen LogP contribution in [-0.4, -0.2) is 23.0 Å². The average Bonchev–Trinajstić information content (AvgIpc) is 2.92. The molecule has 2 N–H and O–H groups in total. The fourth-order valence-electron chi connectivity index (χ4n) is 2.48. The molecule has 4 nitrogen and oxygen atoms in total. The zero-order valence-electron chi connectivity index (χ0n) is 11.5. The molecule has 0 bridgehead atoms. The van der Waals surface area contributed by atoms with E-state index in [9.17, 15) is 4.79 Å². The van der Waals surface area contributed by atoms with E-state index < -0.39 is 0 Å². The molecule has 2 rings (SSSR count). The summed E-state index contributed by atoms with van der Waals surface area (Å²) in [6, 6.07) is 1.76. The Kier molecular flexibility index (Phi) is 5.64. The minimum Gasteiger partial charge on any atom is -0.322 e. The molecule has 1 saturated carbocycles. The predicted molar refractivity (Wildman–Crippen MR) is 82.4 cm³/mol. The lowest BCUT2D eigenvalue weighted by Crippen LogP contribution is -2.44. The first-order chi connectivity index (χ1) is 9.60. The van der Waals surface area contributed by atoms with Crippen molar-refractivity contribution < 1.29 is 4.79 Å². The van der Waals surface area contributed by atoms with Crippen LogP contribution < -0.4 is 10.6 Å². The van der Waals surface area contributed by atoms with Gasteiger partial charge in [-0.05, 0) is 25.3 Å². The second-order valence-electron chi connectivity index (χ2n) is 5.09. The van der Waals surface area contributed by atoms with Gasteiger partial charge in [-0.1, -0.05) is 43.0 Å². The minimum atomic E-state index is -0.204. The molecule has 1 aliphatic carbocycles. The normalized spacial score (nSPS) is 17.1. The highest BCUT2D eigenvalue weighted by atomic mass is 35.5. The zero-order valence-corrected chi connectivity index (χ0v) is 13.0. The highest BCUT2D eigenvalue weighted by molar-refractivity contribution is 6.36. The van der Waals surface area contributed by atoms with Gasteiger partial charge in [0.15, 0.2) is 0 Å². The summed E-state index contributed by atoms with van der Waals surface area (Å²) >= 11 is 11.8. The summed E-state index contributed by atoms with van der Waals surface area (Å²) in [5.41, 5.74) is 0.493. The highest BCUT2D eigenvalue weighted by Crippen LogP contribution is 2.24. The third-order valence-corrected chi connectivity index (χ3v) is 4.11. The molecule has 1 unspecified atom stereocenters. The van der Waals surface area contributed by atoms with Crippen LogP contribution in [0.5, 0.6) is 0 Å². The van der Waals surface area contributed by atoms with Gasteiger partial charge in [-0.15, -0.1) is 0 Å². The van der Waals surface area contributed by atoms with Gasteiger partial charge in [0.25, 0.3) is 0 Å². The number of hydrogen-bond acceptors (Lipinski definition) is 3. The first-order valence-corrected chi connectivity index (χ1v) is 7.73. The molecule has 1 fully saturated rings. The van der Waals surface area contributed by atoms with E-state index >= 15 is 0 Å². The van der Waals surface area contributed by atoms with Crippen LogP contribution >= 0.6 is 23.2 Å². The summed E-state index contributed by atoms with van der Waals surface area (Å²) in [5, 5.41) is 6.93. The third kappa shape index (κ3) is 4.08. The lowest BCUT2D eigenvalue weighted by Gasteiger charge is -2.21. The molecule has 0 aliphatic heterocycles. The van der Waals surface area contributed by atoms with E-state index in [2.05, 4.69) is 15.6 Å². The lowest BCUT2D eigenvalue weighted by atomic mass is 10.1. The first-order valence-electron chi connectivity index (χ1n) is 6.98. The Bertz CT molecular complexity index is 475. The number of hydrogen-bond donors (Lipinski definition) is 2. The highest BCUT2D eigenvalue weighted by Gasteiger charge is 2.23. The van der Waals surface area contributed by atoms with Gasteiger partial charge in [0.1, 0.15) is 5.15 Å². The SMILES string of the molecule is CCC(NC1CCCC1)C(=O)Nc1cnc(Cl)cc1Cl. The first kappa shape index (κ1) is 15.5. The van der Waals surface area contributed by atoms with E-state index in [-0.39, 0.29) is 11.9 Å². The largest absolute Gasteiger partial charge is 0.322 e. The number of anilines is 1. The summed E-state index contributed by atoms with van der Waals surface area (Å²) in [7, 11) is 0. The molecule has 1 aliphatic rings. The number of aromatic nitrogens is 1. The molecule has 6 heteroatoms. The average molecular weight is 316 g/mol. The number of carbonyl (C=O) groups is 1. The van der Waals surface area contributed by atoms with E-state index in [0.29, 0.717) is 21.9 Å². The van der Waals surface area contributed by atoms with Crippen molar-refractivity contribution in [2.45, 2.75) is 51.1 Å². The summed E-state index contributed by atoms with van der Waals surface area (Å²) in [5.74, 6) is -0.0783. The molecule has 0 radical (unpaired) electrons. The lowest BCUT2D eigenvalue weighted by molar-refractivity contribution is -0.118. The Morgan fingerprint density at radius 1 is 1.45 bits per heavy atom. The minimum absolute atomic E-state index is 0.0783. The zero-order chi connectivity index (χ0) is 14.5. The van der Waals surface area contributed by atoms with Gasteiger partial charge in [0.2, 0.25) is 5.91 Å². The molecule has 110 valence electrons. The number of rotatable bonds is 5. The molecule has 1 aromatic rings. The topological polar surface area (TPSA) is 54.0 Å². The van der Waals surface area contributed by atoms with Crippen molar-refractivity contribution in [2.75, 3.05) is 5.32 Å². The maximum absolute atomic E-state index is 12.3. The number of nitrogens with zero attached hydrogens (tertiary/aromatic N) is 1. The van der Waals surface area contributed by atoms with Crippen LogP contribution in [0, 0.1) is 0 Å². The molecule has 20 heavy (non-hydrogen) atoms. The Morgan fingerprint density at radius 3 is 2.75 bits per heavy atom. The van der Waals surface area contributed by atoms with Crippen molar-refractivity contribution in [3.63, 3.8) is 0 Å². The molecule has 0 aromatic carbocycles. The van der Waals surface area contributed by atoms with Crippen molar-refractivity contribution >= 4 is 34.8 Å². The quantitative estimate of drug-likeness (QED) is 0.816. The molecule has 1 aromatic heterocycles. The molecule has 0 saturated heterocycles. The number of carbonyl (C=O) groups excluding carboxylic acids is 1. The monoisotopic (exact) mass is 315 g/mol.